The van der Waals surface area contributed by atoms with Crippen LogP contribution in [0.1, 0.15) is 29.0 Å². The largest absolute Gasteiger partial charge is 0.493 e. The number of thiophene rings is 1. The van der Waals surface area contributed by atoms with Gasteiger partial charge >= 0.3 is 0 Å². The molecule has 2 aromatic heterocycles. The van der Waals surface area contributed by atoms with Crippen LogP contribution in [0.5, 0.6) is 17.2 Å². The Morgan fingerprint density at radius 2 is 2.00 bits per heavy atom. The quantitative estimate of drug-likeness (QED) is 0.596. The summed E-state index contributed by atoms with van der Waals surface area (Å²) in [5, 5.41) is 2.03. The summed E-state index contributed by atoms with van der Waals surface area (Å²) in [7, 11) is 3.26. The number of amides is 1. The topological polar surface area (TPSA) is 60.9 Å². The fourth-order valence-electron chi connectivity index (χ4n) is 3.84. The number of benzene rings is 1. The first-order valence-corrected chi connectivity index (χ1v) is 10.7. The van der Waals surface area contributed by atoms with Crippen LogP contribution in [0.25, 0.3) is 0 Å². The van der Waals surface area contributed by atoms with Crippen molar-refractivity contribution in [2.45, 2.75) is 25.5 Å². The molecule has 0 spiro atoms. The van der Waals surface area contributed by atoms with Crippen LogP contribution in [-0.2, 0) is 11.2 Å². The van der Waals surface area contributed by atoms with Crippen LogP contribution in [0.15, 0.2) is 54.2 Å². The number of pyridine rings is 1. The highest BCUT2D eigenvalue weighted by Gasteiger charge is 2.36. The highest BCUT2D eigenvalue weighted by atomic mass is 32.1. The number of aromatic nitrogens is 1. The summed E-state index contributed by atoms with van der Waals surface area (Å²) in [5.74, 6) is 1.88. The molecule has 1 aliphatic heterocycles. The Labute approximate surface area is 180 Å². The van der Waals surface area contributed by atoms with Crippen LogP contribution in [-0.4, -0.2) is 42.7 Å². The predicted molar refractivity (Wildman–Crippen MR) is 115 cm³/mol. The zero-order chi connectivity index (χ0) is 21.1. The van der Waals surface area contributed by atoms with E-state index in [1.807, 2.05) is 28.5 Å². The lowest BCUT2D eigenvalue weighted by Crippen LogP contribution is -2.46. The fraction of sp³-hybridized carbons (Fsp3) is 0.304. The molecule has 2 atom stereocenters. The second-order valence-electron chi connectivity index (χ2n) is 7.05. The van der Waals surface area contributed by atoms with Crippen LogP contribution in [0, 0.1) is 0 Å². The van der Waals surface area contributed by atoms with Crippen molar-refractivity contribution in [2.24, 2.45) is 0 Å². The number of methoxy groups -OCH3 is 2. The number of rotatable bonds is 6. The monoisotopic (exact) mass is 424 g/mol. The third kappa shape index (κ3) is 3.85. The normalized spacial score (nSPS) is 16.5. The minimum Gasteiger partial charge on any atom is -0.493 e. The summed E-state index contributed by atoms with van der Waals surface area (Å²) in [5.41, 5.74) is 2.22. The molecule has 30 heavy (non-hydrogen) atoms. The predicted octanol–water partition coefficient (Wildman–Crippen LogP) is 4.10. The average molecular weight is 425 g/mol. The maximum Gasteiger partial charge on any atom is 0.264 e. The molecule has 1 aromatic carbocycles. The molecule has 3 heterocycles. The Bertz CT molecular complexity index is 1010. The van der Waals surface area contributed by atoms with Crippen molar-refractivity contribution >= 4 is 17.2 Å². The molecular formula is C23H24N2O4S. The Kier molecular flexibility index (Phi) is 5.90. The number of hydrogen-bond donors (Lipinski definition) is 0. The summed E-state index contributed by atoms with van der Waals surface area (Å²) in [6.45, 7) is 2.38. The standard InChI is InChI=1S/C23H24N2O4S/c1-15(29-17-6-4-9-24-14-17)23(26)25-10-8-16-12-19(27-2)20(28-3)13-18(16)22(25)21-7-5-11-30-21/h4-7,9,11-15,22H,8,10H2,1-3H3/t15-,22-/m0/s1. The Morgan fingerprint density at radius 3 is 2.67 bits per heavy atom. The van der Waals surface area contributed by atoms with E-state index in [0.717, 1.165) is 22.4 Å². The number of nitrogens with zero attached hydrogens (tertiary/aromatic N) is 2. The highest BCUT2D eigenvalue weighted by molar-refractivity contribution is 7.10. The second kappa shape index (κ2) is 8.75. The molecular weight excluding hydrogens is 400 g/mol. The van der Waals surface area contributed by atoms with Gasteiger partial charge < -0.3 is 19.1 Å². The van der Waals surface area contributed by atoms with Gasteiger partial charge in [-0.3, -0.25) is 9.78 Å². The SMILES string of the molecule is COc1cc2c(cc1OC)[C@@H](c1cccs1)N(C(=O)[C@H](C)Oc1cccnc1)CC2. The number of hydrogen-bond acceptors (Lipinski definition) is 6. The molecule has 0 bridgehead atoms. The maximum atomic E-state index is 13.4. The van der Waals surface area contributed by atoms with E-state index in [1.165, 1.54) is 0 Å². The molecule has 156 valence electrons. The fourth-order valence-corrected chi connectivity index (χ4v) is 4.70. The first-order valence-electron chi connectivity index (χ1n) is 9.77. The van der Waals surface area contributed by atoms with Gasteiger partial charge in [-0.25, -0.2) is 0 Å². The molecule has 0 unspecified atom stereocenters. The van der Waals surface area contributed by atoms with Crippen molar-refractivity contribution in [3.8, 4) is 17.2 Å². The molecule has 3 aromatic rings. The van der Waals surface area contributed by atoms with Gasteiger partial charge in [-0.1, -0.05) is 6.07 Å². The molecule has 0 radical (unpaired) electrons. The molecule has 1 amide bonds. The van der Waals surface area contributed by atoms with E-state index in [0.29, 0.717) is 23.8 Å². The van der Waals surface area contributed by atoms with E-state index in [2.05, 4.69) is 11.1 Å². The first-order chi connectivity index (χ1) is 14.6. The van der Waals surface area contributed by atoms with Gasteiger partial charge in [0, 0.05) is 17.6 Å². The number of carbonyl (C=O) groups is 1. The van der Waals surface area contributed by atoms with Crippen LogP contribution in [0.4, 0.5) is 0 Å². The minimum absolute atomic E-state index is 0.0577. The van der Waals surface area contributed by atoms with Gasteiger partial charge in [-0.15, -0.1) is 11.3 Å². The van der Waals surface area contributed by atoms with Gasteiger partial charge in [0.25, 0.3) is 5.91 Å². The summed E-state index contributed by atoms with van der Waals surface area (Å²) >= 11 is 1.64. The van der Waals surface area contributed by atoms with E-state index in [9.17, 15) is 4.79 Å². The van der Waals surface area contributed by atoms with E-state index in [4.69, 9.17) is 14.2 Å². The van der Waals surface area contributed by atoms with Gasteiger partial charge in [-0.2, -0.15) is 0 Å². The summed E-state index contributed by atoms with van der Waals surface area (Å²) in [6.07, 6.45) is 3.40. The summed E-state index contributed by atoms with van der Waals surface area (Å²) in [4.78, 5) is 20.5. The lowest BCUT2D eigenvalue weighted by Gasteiger charge is -2.38. The van der Waals surface area contributed by atoms with Crippen LogP contribution < -0.4 is 14.2 Å². The summed E-state index contributed by atoms with van der Waals surface area (Å²) in [6, 6.07) is 11.5. The Hall–Kier alpha value is -3.06. The number of fused-ring (bicyclic) bond motifs is 1. The van der Waals surface area contributed by atoms with E-state index >= 15 is 0 Å². The third-order valence-electron chi connectivity index (χ3n) is 5.26. The lowest BCUT2D eigenvalue weighted by atomic mass is 9.90. The van der Waals surface area contributed by atoms with E-state index in [-0.39, 0.29) is 11.9 Å². The molecule has 0 saturated carbocycles. The minimum atomic E-state index is -0.627. The van der Waals surface area contributed by atoms with E-state index in [1.54, 1.807) is 57.0 Å². The van der Waals surface area contributed by atoms with Crippen molar-refractivity contribution in [1.29, 1.82) is 0 Å². The lowest BCUT2D eigenvalue weighted by molar-refractivity contribution is -0.140. The summed E-state index contributed by atoms with van der Waals surface area (Å²) < 4.78 is 16.9. The molecule has 0 N–H and O–H groups in total. The van der Waals surface area contributed by atoms with Crippen molar-refractivity contribution in [3.05, 3.63) is 70.2 Å². The van der Waals surface area contributed by atoms with Crippen molar-refractivity contribution < 1.29 is 19.0 Å². The second-order valence-corrected chi connectivity index (χ2v) is 8.03. The van der Waals surface area contributed by atoms with Crippen molar-refractivity contribution in [2.75, 3.05) is 20.8 Å². The molecule has 6 nitrogen and oxygen atoms in total. The molecule has 7 heteroatoms. The maximum absolute atomic E-state index is 13.4. The van der Waals surface area contributed by atoms with Crippen molar-refractivity contribution in [1.82, 2.24) is 9.88 Å². The van der Waals surface area contributed by atoms with Gasteiger partial charge in [0.05, 0.1) is 26.5 Å². The molecule has 1 aliphatic rings. The van der Waals surface area contributed by atoms with Crippen LogP contribution >= 0.6 is 11.3 Å². The zero-order valence-electron chi connectivity index (χ0n) is 17.2. The van der Waals surface area contributed by atoms with Gasteiger partial charge in [-0.05, 0) is 60.2 Å². The average Bonchev–Trinajstić information content (AvgIpc) is 3.31. The van der Waals surface area contributed by atoms with Crippen molar-refractivity contribution in [3.63, 3.8) is 0 Å². The van der Waals surface area contributed by atoms with Crippen LogP contribution in [0.3, 0.4) is 0 Å². The Balaban J connectivity index is 1.69. The molecule has 0 aliphatic carbocycles. The number of carbonyl (C=O) groups excluding carboxylic acids is 1. The smallest absolute Gasteiger partial charge is 0.264 e. The van der Waals surface area contributed by atoms with Gasteiger partial charge in [0.2, 0.25) is 0 Å². The molecule has 0 saturated heterocycles. The highest BCUT2D eigenvalue weighted by Crippen LogP contribution is 2.42. The molecule has 0 fully saturated rings. The third-order valence-corrected chi connectivity index (χ3v) is 6.19. The Morgan fingerprint density at radius 1 is 1.20 bits per heavy atom. The zero-order valence-corrected chi connectivity index (χ0v) is 18.0. The molecule has 4 rings (SSSR count). The van der Waals surface area contributed by atoms with E-state index < -0.39 is 6.10 Å². The van der Waals surface area contributed by atoms with Crippen LogP contribution in [0.2, 0.25) is 0 Å². The first kappa shape index (κ1) is 20.2. The van der Waals surface area contributed by atoms with Gasteiger partial charge in [0.15, 0.2) is 17.6 Å². The number of ether oxygens (including phenoxy) is 3. The van der Waals surface area contributed by atoms with Gasteiger partial charge in [0.1, 0.15) is 5.75 Å².